The number of hydrogen-bond donors (Lipinski definition) is 2. The number of halogens is 4. The lowest BCUT2D eigenvalue weighted by Gasteiger charge is -2.13. The minimum absolute atomic E-state index is 0.205. The third-order valence-corrected chi connectivity index (χ3v) is 2.38. The van der Waals surface area contributed by atoms with E-state index in [0.717, 1.165) is 12.1 Å². The average molecular weight is 328 g/mol. The molecule has 1 rings (SSSR count). The molecular weight excluding hydrogens is 319 g/mol. The lowest BCUT2D eigenvalue weighted by atomic mass is 10.1. The first-order chi connectivity index (χ1) is 8.36. The van der Waals surface area contributed by atoms with Crippen LogP contribution in [0, 0.1) is 0 Å². The van der Waals surface area contributed by atoms with E-state index in [1.807, 2.05) is 5.48 Å². The molecule has 1 aromatic carbocycles. The van der Waals surface area contributed by atoms with Crippen molar-refractivity contribution in [3.63, 3.8) is 0 Å². The summed E-state index contributed by atoms with van der Waals surface area (Å²) in [4.78, 5) is 15.9. The van der Waals surface area contributed by atoms with Gasteiger partial charge in [-0.25, -0.2) is 5.48 Å². The van der Waals surface area contributed by atoms with Gasteiger partial charge in [0, 0.05) is 4.47 Å². The molecule has 0 atom stereocenters. The first-order valence-corrected chi connectivity index (χ1v) is 5.55. The molecule has 0 aliphatic rings. The summed E-state index contributed by atoms with van der Waals surface area (Å²) >= 11 is 2.91. The number of hydroxylamine groups is 1. The van der Waals surface area contributed by atoms with Gasteiger partial charge in [0.05, 0.1) is 24.3 Å². The van der Waals surface area contributed by atoms with E-state index < -0.39 is 23.2 Å². The summed E-state index contributed by atoms with van der Waals surface area (Å²) in [5.74, 6) is -1.02. The molecular formula is C10H9BrF3NO3. The second-order valence-corrected chi connectivity index (χ2v) is 4.11. The fourth-order valence-electron chi connectivity index (χ4n) is 1.17. The zero-order valence-corrected chi connectivity index (χ0v) is 10.5. The number of aliphatic hydroxyl groups excluding tert-OH is 1. The van der Waals surface area contributed by atoms with Crippen LogP contribution in [0.25, 0.3) is 0 Å². The lowest BCUT2D eigenvalue weighted by molar-refractivity contribution is -0.138. The minimum atomic E-state index is -4.65. The summed E-state index contributed by atoms with van der Waals surface area (Å²) in [6.45, 7) is -0.559. The fraction of sp³-hybridized carbons (Fsp3) is 0.300. The summed E-state index contributed by atoms with van der Waals surface area (Å²) in [5, 5.41) is 8.41. The Labute approximate surface area is 109 Å². The van der Waals surface area contributed by atoms with Crippen molar-refractivity contribution < 1.29 is 27.9 Å². The maximum Gasteiger partial charge on any atom is 0.417 e. The van der Waals surface area contributed by atoms with Crippen LogP contribution in [-0.4, -0.2) is 24.2 Å². The van der Waals surface area contributed by atoms with Crippen LogP contribution in [-0.2, 0) is 11.0 Å². The predicted octanol–water partition coefficient (Wildman–Crippen LogP) is 2.12. The Morgan fingerprint density at radius 3 is 2.67 bits per heavy atom. The van der Waals surface area contributed by atoms with Crippen LogP contribution in [0.3, 0.4) is 0 Å². The molecule has 0 unspecified atom stereocenters. The first-order valence-electron chi connectivity index (χ1n) is 4.76. The summed E-state index contributed by atoms with van der Waals surface area (Å²) in [6.07, 6.45) is -4.65. The van der Waals surface area contributed by atoms with Gasteiger partial charge >= 0.3 is 6.18 Å². The number of carbonyl (C=O) groups is 1. The van der Waals surface area contributed by atoms with Gasteiger partial charge in [0.25, 0.3) is 5.91 Å². The highest BCUT2D eigenvalue weighted by atomic mass is 79.9. The predicted molar refractivity (Wildman–Crippen MR) is 59.6 cm³/mol. The molecule has 0 fully saturated rings. The van der Waals surface area contributed by atoms with E-state index in [-0.39, 0.29) is 17.7 Å². The topological polar surface area (TPSA) is 58.6 Å². The second kappa shape index (κ2) is 6.17. The normalized spacial score (nSPS) is 11.4. The van der Waals surface area contributed by atoms with Gasteiger partial charge in [0.1, 0.15) is 0 Å². The summed E-state index contributed by atoms with van der Waals surface area (Å²) in [7, 11) is 0. The van der Waals surface area contributed by atoms with E-state index in [1.165, 1.54) is 6.07 Å². The fourth-order valence-corrected chi connectivity index (χ4v) is 1.53. The largest absolute Gasteiger partial charge is 0.417 e. The molecule has 0 spiro atoms. The van der Waals surface area contributed by atoms with E-state index in [1.54, 1.807) is 0 Å². The molecule has 100 valence electrons. The lowest BCUT2D eigenvalue weighted by Crippen LogP contribution is -2.27. The van der Waals surface area contributed by atoms with E-state index >= 15 is 0 Å². The van der Waals surface area contributed by atoms with Gasteiger partial charge in [-0.3, -0.25) is 9.63 Å². The molecule has 0 saturated carbocycles. The standard InChI is InChI=1S/C10H9BrF3NO3/c11-6-1-2-7(8(5-6)10(12,13)14)9(17)15-18-4-3-16/h1-2,5,16H,3-4H2,(H,15,17). The number of aliphatic hydroxyl groups is 1. The number of nitrogens with one attached hydrogen (secondary N) is 1. The molecule has 0 heterocycles. The molecule has 0 radical (unpaired) electrons. The smallest absolute Gasteiger partial charge is 0.394 e. The van der Waals surface area contributed by atoms with Crippen molar-refractivity contribution >= 4 is 21.8 Å². The molecule has 1 aromatic rings. The Bertz CT molecular complexity index is 437. The van der Waals surface area contributed by atoms with Gasteiger partial charge in [0.15, 0.2) is 0 Å². The van der Waals surface area contributed by atoms with Gasteiger partial charge in [-0.15, -0.1) is 0 Å². The Kier molecular flexibility index (Phi) is 5.12. The van der Waals surface area contributed by atoms with Gasteiger partial charge < -0.3 is 5.11 Å². The molecule has 2 N–H and O–H groups in total. The average Bonchev–Trinajstić information content (AvgIpc) is 2.28. The zero-order chi connectivity index (χ0) is 13.8. The van der Waals surface area contributed by atoms with Crippen LogP contribution >= 0.6 is 15.9 Å². The Balaban J connectivity index is 2.97. The monoisotopic (exact) mass is 327 g/mol. The van der Waals surface area contributed by atoms with E-state index in [4.69, 9.17) is 5.11 Å². The molecule has 18 heavy (non-hydrogen) atoms. The third kappa shape index (κ3) is 3.97. The van der Waals surface area contributed by atoms with Crippen molar-refractivity contribution in [1.29, 1.82) is 0 Å². The maximum absolute atomic E-state index is 12.7. The van der Waals surface area contributed by atoms with Crippen LogP contribution in [0.1, 0.15) is 15.9 Å². The van der Waals surface area contributed by atoms with Crippen molar-refractivity contribution in [3.8, 4) is 0 Å². The second-order valence-electron chi connectivity index (χ2n) is 3.19. The maximum atomic E-state index is 12.7. The molecule has 0 aliphatic carbocycles. The highest BCUT2D eigenvalue weighted by Crippen LogP contribution is 2.33. The van der Waals surface area contributed by atoms with Crippen LogP contribution in [0.15, 0.2) is 22.7 Å². The Morgan fingerprint density at radius 2 is 2.11 bits per heavy atom. The van der Waals surface area contributed by atoms with Gasteiger partial charge in [-0.2, -0.15) is 13.2 Å². The number of rotatable bonds is 4. The summed E-state index contributed by atoms with van der Waals surface area (Å²) in [6, 6.07) is 3.15. The highest BCUT2D eigenvalue weighted by molar-refractivity contribution is 9.10. The molecule has 0 aliphatic heterocycles. The molecule has 0 bridgehead atoms. The van der Waals surface area contributed by atoms with Crippen molar-refractivity contribution in [3.05, 3.63) is 33.8 Å². The number of hydrogen-bond acceptors (Lipinski definition) is 3. The van der Waals surface area contributed by atoms with Crippen molar-refractivity contribution in [2.24, 2.45) is 0 Å². The number of benzene rings is 1. The van der Waals surface area contributed by atoms with Crippen LogP contribution < -0.4 is 5.48 Å². The van der Waals surface area contributed by atoms with Crippen molar-refractivity contribution in [2.45, 2.75) is 6.18 Å². The first kappa shape index (κ1) is 14.9. The molecule has 0 saturated heterocycles. The van der Waals surface area contributed by atoms with Crippen LogP contribution in [0.2, 0.25) is 0 Å². The highest BCUT2D eigenvalue weighted by Gasteiger charge is 2.35. The molecule has 0 aromatic heterocycles. The van der Waals surface area contributed by atoms with Gasteiger partial charge in [-0.1, -0.05) is 15.9 Å². The van der Waals surface area contributed by atoms with Gasteiger partial charge in [-0.05, 0) is 18.2 Å². The molecule has 1 amide bonds. The van der Waals surface area contributed by atoms with Gasteiger partial charge in [0.2, 0.25) is 0 Å². The Morgan fingerprint density at radius 1 is 1.44 bits per heavy atom. The molecule has 4 nitrogen and oxygen atoms in total. The number of amides is 1. The quantitative estimate of drug-likeness (QED) is 0.658. The Hall–Kier alpha value is -1.12. The minimum Gasteiger partial charge on any atom is -0.394 e. The van der Waals surface area contributed by atoms with Crippen molar-refractivity contribution in [2.75, 3.05) is 13.2 Å². The zero-order valence-electron chi connectivity index (χ0n) is 8.92. The van der Waals surface area contributed by atoms with Crippen LogP contribution in [0.5, 0.6) is 0 Å². The summed E-state index contributed by atoms with van der Waals surface area (Å²) < 4.78 is 38.3. The van der Waals surface area contributed by atoms with E-state index in [9.17, 15) is 18.0 Å². The molecule has 8 heteroatoms. The summed E-state index contributed by atoms with van der Waals surface area (Å²) in [5.41, 5.74) is 0.198. The SMILES string of the molecule is O=C(NOCCO)c1ccc(Br)cc1C(F)(F)F. The van der Waals surface area contributed by atoms with Crippen LogP contribution in [0.4, 0.5) is 13.2 Å². The van der Waals surface area contributed by atoms with E-state index in [0.29, 0.717) is 0 Å². The number of carbonyl (C=O) groups excluding carboxylic acids is 1. The van der Waals surface area contributed by atoms with E-state index in [2.05, 4.69) is 20.8 Å². The third-order valence-electron chi connectivity index (χ3n) is 1.89. The number of alkyl halides is 3. The van der Waals surface area contributed by atoms with Crippen molar-refractivity contribution in [1.82, 2.24) is 5.48 Å².